The van der Waals surface area contributed by atoms with E-state index in [1.165, 1.54) is 0 Å². The van der Waals surface area contributed by atoms with E-state index in [-0.39, 0.29) is 5.56 Å². The van der Waals surface area contributed by atoms with E-state index >= 15 is 0 Å². The van der Waals surface area contributed by atoms with Gasteiger partial charge in [-0.1, -0.05) is 25.1 Å². The number of rotatable bonds is 1. The summed E-state index contributed by atoms with van der Waals surface area (Å²) >= 11 is 6.92. The first-order valence-corrected chi connectivity index (χ1v) is 7.06. The maximum atomic E-state index is 12.5. The molecule has 1 atom stereocenters. The number of H-pyrrole nitrogens is 1. The van der Waals surface area contributed by atoms with Crippen molar-refractivity contribution in [1.29, 1.82) is 0 Å². The number of para-hydroxylation sites is 1. The molecule has 3 rings (SSSR count). The molecular formula is C13H12N2OS2. The molecule has 0 amide bonds. The highest BCUT2D eigenvalue weighted by Gasteiger charge is 2.24. The monoisotopic (exact) mass is 276 g/mol. The predicted octanol–water partition coefficient (Wildman–Crippen LogP) is 2.93. The largest absolute Gasteiger partial charge is 0.334 e. The van der Waals surface area contributed by atoms with Crippen LogP contribution in [0.25, 0.3) is 5.69 Å². The van der Waals surface area contributed by atoms with Gasteiger partial charge >= 0.3 is 0 Å². The van der Waals surface area contributed by atoms with Crippen LogP contribution in [0.4, 0.5) is 0 Å². The van der Waals surface area contributed by atoms with Crippen molar-refractivity contribution in [3.8, 4) is 5.69 Å². The molecule has 1 aromatic carbocycles. The molecule has 92 valence electrons. The van der Waals surface area contributed by atoms with Gasteiger partial charge in [0.05, 0.1) is 10.6 Å². The molecule has 18 heavy (non-hydrogen) atoms. The van der Waals surface area contributed by atoms with E-state index in [1.807, 2.05) is 30.3 Å². The molecule has 3 nitrogen and oxygen atoms in total. The number of aromatic nitrogens is 2. The first-order chi connectivity index (χ1) is 8.66. The third kappa shape index (κ3) is 1.83. The third-order valence-corrected chi connectivity index (χ3v) is 4.47. The highest BCUT2D eigenvalue weighted by Crippen LogP contribution is 2.32. The second kappa shape index (κ2) is 4.40. The smallest absolute Gasteiger partial charge is 0.272 e. The minimum absolute atomic E-state index is 0.00528. The van der Waals surface area contributed by atoms with Crippen molar-refractivity contribution in [2.24, 2.45) is 0 Å². The van der Waals surface area contributed by atoms with Crippen LogP contribution in [0.5, 0.6) is 0 Å². The summed E-state index contributed by atoms with van der Waals surface area (Å²) in [4.78, 5) is 16.5. The fourth-order valence-electron chi connectivity index (χ4n) is 2.17. The first-order valence-electron chi connectivity index (χ1n) is 5.77. The van der Waals surface area contributed by atoms with E-state index < -0.39 is 0 Å². The fraction of sp³-hybridized carbons (Fsp3) is 0.231. The minimum Gasteiger partial charge on any atom is -0.334 e. The van der Waals surface area contributed by atoms with E-state index in [1.54, 1.807) is 16.3 Å². The van der Waals surface area contributed by atoms with Gasteiger partial charge < -0.3 is 4.98 Å². The molecule has 0 radical (unpaired) electrons. The molecule has 1 unspecified atom stereocenters. The van der Waals surface area contributed by atoms with Gasteiger partial charge in [0, 0.05) is 17.4 Å². The molecule has 1 aliphatic rings. The van der Waals surface area contributed by atoms with E-state index in [0.29, 0.717) is 10.0 Å². The zero-order valence-corrected chi connectivity index (χ0v) is 11.5. The predicted molar refractivity (Wildman–Crippen MR) is 76.2 cm³/mol. The molecule has 0 saturated carbocycles. The maximum Gasteiger partial charge on any atom is 0.272 e. The lowest BCUT2D eigenvalue weighted by Crippen LogP contribution is -2.22. The molecule has 5 heteroatoms. The van der Waals surface area contributed by atoms with Crippen LogP contribution in [0, 0.1) is 4.77 Å². The van der Waals surface area contributed by atoms with Crippen LogP contribution in [0.15, 0.2) is 40.0 Å². The van der Waals surface area contributed by atoms with Gasteiger partial charge in [-0.15, -0.1) is 11.8 Å². The van der Waals surface area contributed by atoms with Crippen molar-refractivity contribution < 1.29 is 0 Å². The van der Waals surface area contributed by atoms with Crippen LogP contribution in [0.3, 0.4) is 0 Å². The quantitative estimate of drug-likeness (QED) is 0.814. The third-order valence-electron chi connectivity index (χ3n) is 2.96. The Morgan fingerprint density at radius 3 is 2.83 bits per heavy atom. The Morgan fingerprint density at radius 2 is 2.11 bits per heavy atom. The average molecular weight is 276 g/mol. The molecule has 0 spiro atoms. The Balaban J connectivity index is 2.28. The van der Waals surface area contributed by atoms with Crippen molar-refractivity contribution in [1.82, 2.24) is 9.55 Å². The molecule has 1 aromatic heterocycles. The van der Waals surface area contributed by atoms with Crippen LogP contribution in [-0.2, 0) is 6.42 Å². The van der Waals surface area contributed by atoms with E-state index in [4.69, 9.17) is 12.2 Å². The van der Waals surface area contributed by atoms with Gasteiger partial charge in [-0.05, 0) is 24.4 Å². The van der Waals surface area contributed by atoms with E-state index in [0.717, 1.165) is 22.7 Å². The SMILES string of the molecule is CC1Cc2[nH]c(=S)n(-c3ccccc3)c(=O)c2S1. The molecule has 0 saturated heterocycles. The summed E-state index contributed by atoms with van der Waals surface area (Å²) in [6.45, 7) is 2.12. The molecule has 0 fully saturated rings. The Labute approximate surface area is 114 Å². The van der Waals surface area contributed by atoms with Crippen molar-refractivity contribution in [3.63, 3.8) is 0 Å². The standard InChI is InChI=1S/C13H12N2OS2/c1-8-7-10-11(18-8)12(16)15(13(17)14-10)9-5-3-2-4-6-9/h2-6,8H,7H2,1H3,(H,14,17). The normalized spacial score (nSPS) is 17.7. The summed E-state index contributed by atoms with van der Waals surface area (Å²) in [7, 11) is 0. The van der Waals surface area contributed by atoms with Gasteiger partial charge in [0.2, 0.25) is 0 Å². The van der Waals surface area contributed by atoms with Gasteiger partial charge in [-0.3, -0.25) is 9.36 Å². The van der Waals surface area contributed by atoms with Crippen molar-refractivity contribution >= 4 is 24.0 Å². The van der Waals surface area contributed by atoms with Crippen LogP contribution in [-0.4, -0.2) is 14.8 Å². The Kier molecular flexibility index (Phi) is 2.87. The van der Waals surface area contributed by atoms with Crippen molar-refractivity contribution in [3.05, 3.63) is 51.2 Å². The Hall–Kier alpha value is -1.33. The first kappa shape index (κ1) is 11.7. The molecular weight excluding hydrogens is 264 g/mol. The summed E-state index contributed by atoms with van der Waals surface area (Å²) in [6, 6.07) is 9.51. The molecule has 1 N–H and O–H groups in total. The lowest BCUT2D eigenvalue weighted by molar-refractivity contribution is 0.815. The van der Waals surface area contributed by atoms with E-state index in [2.05, 4.69) is 11.9 Å². The Morgan fingerprint density at radius 1 is 1.39 bits per heavy atom. The number of fused-ring (bicyclic) bond motifs is 1. The number of benzene rings is 1. The number of nitrogens with one attached hydrogen (secondary N) is 1. The molecule has 1 aliphatic heterocycles. The average Bonchev–Trinajstić information content (AvgIpc) is 2.71. The number of hydrogen-bond acceptors (Lipinski definition) is 3. The lowest BCUT2D eigenvalue weighted by Gasteiger charge is -2.08. The summed E-state index contributed by atoms with van der Waals surface area (Å²) in [5, 5.41) is 0.435. The van der Waals surface area contributed by atoms with Crippen LogP contribution in [0.2, 0.25) is 0 Å². The van der Waals surface area contributed by atoms with Crippen LogP contribution in [0.1, 0.15) is 12.6 Å². The van der Waals surface area contributed by atoms with Crippen molar-refractivity contribution in [2.45, 2.75) is 23.5 Å². The zero-order valence-electron chi connectivity index (χ0n) is 9.84. The van der Waals surface area contributed by atoms with Crippen LogP contribution >= 0.6 is 24.0 Å². The molecule has 0 aliphatic carbocycles. The highest BCUT2D eigenvalue weighted by atomic mass is 32.2. The van der Waals surface area contributed by atoms with E-state index in [9.17, 15) is 4.79 Å². The summed E-state index contributed by atoms with van der Waals surface area (Å²) in [5.74, 6) is 0. The summed E-state index contributed by atoms with van der Waals surface area (Å²) < 4.78 is 2.04. The van der Waals surface area contributed by atoms with Crippen LogP contribution < -0.4 is 5.56 Å². The maximum absolute atomic E-state index is 12.5. The van der Waals surface area contributed by atoms with Gasteiger partial charge in [0.1, 0.15) is 0 Å². The summed E-state index contributed by atoms with van der Waals surface area (Å²) in [6.07, 6.45) is 0.883. The topological polar surface area (TPSA) is 37.8 Å². The number of nitrogens with zero attached hydrogens (tertiary/aromatic N) is 1. The number of hydrogen-bond donors (Lipinski definition) is 1. The number of aromatic amines is 1. The van der Waals surface area contributed by atoms with Crippen molar-refractivity contribution in [2.75, 3.05) is 0 Å². The second-order valence-corrected chi connectivity index (χ2v) is 6.18. The van der Waals surface area contributed by atoms with Gasteiger partial charge in [-0.25, -0.2) is 0 Å². The highest BCUT2D eigenvalue weighted by molar-refractivity contribution is 8.00. The summed E-state index contributed by atoms with van der Waals surface area (Å²) in [5.41, 5.74) is 1.79. The number of thioether (sulfide) groups is 1. The fourth-order valence-corrected chi connectivity index (χ4v) is 3.60. The Bertz CT molecular complexity index is 703. The molecule has 2 aromatic rings. The van der Waals surface area contributed by atoms with Gasteiger partial charge in [0.15, 0.2) is 4.77 Å². The molecule has 2 heterocycles. The minimum atomic E-state index is -0.00528. The molecule has 0 bridgehead atoms. The van der Waals surface area contributed by atoms with Gasteiger partial charge in [-0.2, -0.15) is 0 Å². The second-order valence-electron chi connectivity index (χ2n) is 4.35. The lowest BCUT2D eigenvalue weighted by atomic mass is 10.2. The van der Waals surface area contributed by atoms with Gasteiger partial charge in [0.25, 0.3) is 5.56 Å². The zero-order chi connectivity index (χ0) is 12.7.